The Morgan fingerprint density at radius 2 is 2.00 bits per heavy atom. The third kappa shape index (κ3) is 6.08. The zero-order chi connectivity index (χ0) is 12.0. The first-order valence-electron chi connectivity index (χ1n) is 6.22. The van der Waals surface area contributed by atoms with E-state index in [1.807, 2.05) is 0 Å². The second kappa shape index (κ2) is 6.86. The topological polar surface area (TPSA) is 64.3 Å². The van der Waals surface area contributed by atoms with E-state index in [4.69, 9.17) is 10.5 Å². The molecule has 1 aliphatic carbocycles. The molecule has 4 heteroatoms. The van der Waals surface area contributed by atoms with Gasteiger partial charge in [-0.1, -0.05) is 13.8 Å². The molecule has 0 aliphatic heterocycles. The van der Waals surface area contributed by atoms with Crippen LogP contribution in [-0.2, 0) is 9.53 Å². The summed E-state index contributed by atoms with van der Waals surface area (Å²) in [5, 5.41) is 3.24. The van der Waals surface area contributed by atoms with Crippen LogP contribution in [0, 0.1) is 5.92 Å². The molecule has 3 N–H and O–H groups in total. The summed E-state index contributed by atoms with van der Waals surface area (Å²) in [5.74, 6) is 0.399. The van der Waals surface area contributed by atoms with Crippen molar-refractivity contribution in [1.82, 2.24) is 5.32 Å². The molecule has 1 atom stereocenters. The predicted molar refractivity (Wildman–Crippen MR) is 64.0 cm³/mol. The summed E-state index contributed by atoms with van der Waals surface area (Å²) >= 11 is 0. The van der Waals surface area contributed by atoms with Crippen LogP contribution >= 0.6 is 0 Å². The zero-order valence-electron chi connectivity index (χ0n) is 10.4. The molecule has 1 saturated carbocycles. The minimum atomic E-state index is -0.264. The van der Waals surface area contributed by atoms with Gasteiger partial charge in [-0.15, -0.1) is 0 Å². The predicted octanol–water partition coefficient (Wildman–Crippen LogP) is 1.05. The molecule has 0 heterocycles. The molecule has 1 rings (SSSR count). The highest BCUT2D eigenvalue weighted by atomic mass is 16.5. The van der Waals surface area contributed by atoms with E-state index in [1.165, 1.54) is 0 Å². The zero-order valence-corrected chi connectivity index (χ0v) is 10.4. The highest BCUT2D eigenvalue weighted by Crippen LogP contribution is 2.19. The fourth-order valence-corrected chi connectivity index (χ4v) is 1.46. The minimum Gasteiger partial charge on any atom is -0.381 e. The lowest BCUT2D eigenvalue weighted by Crippen LogP contribution is -2.43. The Bertz CT molecular complexity index is 215. The van der Waals surface area contributed by atoms with Crippen molar-refractivity contribution < 1.29 is 9.53 Å². The molecule has 1 amide bonds. The number of nitrogens with two attached hydrogens (primary N) is 1. The van der Waals surface area contributed by atoms with Crippen molar-refractivity contribution in [2.45, 2.75) is 51.6 Å². The molecular weight excluding hydrogens is 204 g/mol. The summed E-state index contributed by atoms with van der Waals surface area (Å²) in [7, 11) is 0. The number of nitrogens with one attached hydrogen (secondary N) is 1. The lowest BCUT2D eigenvalue weighted by molar-refractivity contribution is -0.120. The van der Waals surface area contributed by atoms with Crippen molar-refractivity contribution in [2.75, 3.05) is 13.2 Å². The maximum atomic E-state index is 11.1. The van der Waals surface area contributed by atoms with E-state index in [0.29, 0.717) is 25.0 Å². The van der Waals surface area contributed by atoms with Crippen molar-refractivity contribution in [1.29, 1.82) is 0 Å². The number of amides is 1. The minimum absolute atomic E-state index is 0.216. The lowest BCUT2D eigenvalue weighted by atomic mass is 10.1. The Balaban J connectivity index is 2.05. The standard InChI is InChI=1S/C12H24N2O2/c1-9(2)5-7-16-8-6-11(12(13)15)14-10-3-4-10/h9-11,14H,3-8H2,1-2H3,(H2,13,15). The molecule has 0 aromatic heterocycles. The van der Waals surface area contributed by atoms with Gasteiger partial charge in [-0.05, 0) is 31.6 Å². The van der Waals surface area contributed by atoms with Gasteiger partial charge in [0, 0.05) is 19.3 Å². The van der Waals surface area contributed by atoms with Gasteiger partial charge in [0.2, 0.25) is 5.91 Å². The van der Waals surface area contributed by atoms with E-state index in [9.17, 15) is 4.79 Å². The van der Waals surface area contributed by atoms with Crippen molar-refractivity contribution in [2.24, 2.45) is 11.7 Å². The van der Waals surface area contributed by atoms with E-state index in [0.717, 1.165) is 25.9 Å². The first-order chi connectivity index (χ1) is 7.59. The van der Waals surface area contributed by atoms with E-state index in [1.54, 1.807) is 0 Å². The number of carbonyl (C=O) groups excluding carboxylic acids is 1. The maximum Gasteiger partial charge on any atom is 0.234 e. The van der Waals surface area contributed by atoms with Gasteiger partial charge in [0.05, 0.1) is 6.04 Å². The van der Waals surface area contributed by atoms with E-state index < -0.39 is 0 Å². The van der Waals surface area contributed by atoms with Crippen LogP contribution < -0.4 is 11.1 Å². The Morgan fingerprint density at radius 3 is 2.50 bits per heavy atom. The van der Waals surface area contributed by atoms with Gasteiger partial charge in [0.1, 0.15) is 0 Å². The van der Waals surface area contributed by atoms with E-state index in [-0.39, 0.29) is 11.9 Å². The Hall–Kier alpha value is -0.610. The van der Waals surface area contributed by atoms with Crippen LogP contribution in [0.4, 0.5) is 0 Å². The monoisotopic (exact) mass is 228 g/mol. The number of hydrogen-bond acceptors (Lipinski definition) is 3. The summed E-state index contributed by atoms with van der Waals surface area (Å²) in [6, 6.07) is 0.291. The first kappa shape index (κ1) is 13.5. The normalized spacial score (nSPS) is 17.7. The van der Waals surface area contributed by atoms with E-state index in [2.05, 4.69) is 19.2 Å². The molecule has 94 valence electrons. The average molecular weight is 228 g/mol. The van der Waals surface area contributed by atoms with Crippen molar-refractivity contribution in [3.8, 4) is 0 Å². The van der Waals surface area contributed by atoms with Crippen LogP contribution in [0.15, 0.2) is 0 Å². The molecule has 1 aliphatic rings. The van der Waals surface area contributed by atoms with Gasteiger partial charge < -0.3 is 15.8 Å². The van der Waals surface area contributed by atoms with Crippen LogP contribution in [0.25, 0.3) is 0 Å². The summed E-state index contributed by atoms with van der Waals surface area (Å²) < 4.78 is 5.48. The number of carbonyl (C=O) groups is 1. The average Bonchev–Trinajstić information content (AvgIpc) is 2.98. The Labute approximate surface area is 97.9 Å². The Kier molecular flexibility index (Phi) is 5.77. The maximum absolute atomic E-state index is 11.1. The molecule has 0 spiro atoms. The molecule has 0 radical (unpaired) electrons. The van der Waals surface area contributed by atoms with Crippen LogP contribution in [0.2, 0.25) is 0 Å². The molecule has 1 unspecified atom stereocenters. The van der Waals surface area contributed by atoms with Crippen molar-refractivity contribution >= 4 is 5.91 Å². The summed E-state index contributed by atoms with van der Waals surface area (Å²) in [6.45, 7) is 5.72. The fraction of sp³-hybridized carbons (Fsp3) is 0.917. The SMILES string of the molecule is CC(C)CCOCCC(NC1CC1)C(N)=O. The van der Waals surface area contributed by atoms with Gasteiger partial charge >= 0.3 is 0 Å². The second-order valence-electron chi connectivity index (χ2n) is 4.98. The molecule has 4 nitrogen and oxygen atoms in total. The molecule has 0 saturated heterocycles. The lowest BCUT2D eigenvalue weighted by Gasteiger charge is -2.15. The van der Waals surface area contributed by atoms with Crippen LogP contribution in [0.5, 0.6) is 0 Å². The van der Waals surface area contributed by atoms with Gasteiger partial charge in [0.15, 0.2) is 0 Å². The van der Waals surface area contributed by atoms with E-state index >= 15 is 0 Å². The molecule has 0 aromatic carbocycles. The third-order valence-corrected chi connectivity index (χ3v) is 2.75. The van der Waals surface area contributed by atoms with Gasteiger partial charge in [0.25, 0.3) is 0 Å². The third-order valence-electron chi connectivity index (χ3n) is 2.75. The smallest absolute Gasteiger partial charge is 0.234 e. The largest absolute Gasteiger partial charge is 0.381 e. The molecular formula is C12H24N2O2. The fourth-order valence-electron chi connectivity index (χ4n) is 1.46. The van der Waals surface area contributed by atoms with Gasteiger partial charge in [-0.2, -0.15) is 0 Å². The first-order valence-corrected chi connectivity index (χ1v) is 6.22. The number of hydrogen-bond donors (Lipinski definition) is 2. The summed E-state index contributed by atoms with van der Waals surface area (Å²) in [6.07, 6.45) is 4.08. The number of rotatable bonds is 9. The molecule has 0 aromatic rings. The molecule has 16 heavy (non-hydrogen) atoms. The highest BCUT2D eigenvalue weighted by Gasteiger charge is 2.26. The van der Waals surface area contributed by atoms with Gasteiger partial charge in [-0.3, -0.25) is 4.79 Å². The van der Waals surface area contributed by atoms with Gasteiger partial charge in [-0.25, -0.2) is 0 Å². The molecule has 0 bridgehead atoms. The summed E-state index contributed by atoms with van der Waals surface area (Å²) in [5.41, 5.74) is 5.32. The summed E-state index contributed by atoms with van der Waals surface area (Å²) in [4.78, 5) is 11.1. The van der Waals surface area contributed by atoms with Crippen molar-refractivity contribution in [3.05, 3.63) is 0 Å². The Morgan fingerprint density at radius 1 is 1.38 bits per heavy atom. The number of primary amides is 1. The van der Waals surface area contributed by atoms with Crippen molar-refractivity contribution in [3.63, 3.8) is 0 Å². The number of ether oxygens (including phenoxy) is 1. The van der Waals surface area contributed by atoms with Crippen LogP contribution in [-0.4, -0.2) is 31.2 Å². The van der Waals surface area contributed by atoms with Crippen LogP contribution in [0.3, 0.4) is 0 Å². The quantitative estimate of drug-likeness (QED) is 0.580. The second-order valence-corrected chi connectivity index (χ2v) is 4.98. The van der Waals surface area contributed by atoms with Crippen LogP contribution in [0.1, 0.15) is 39.5 Å². The molecule has 1 fully saturated rings. The highest BCUT2D eigenvalue weighted by molar-refractivity contribution is 5.79.